The molecule has 3 rings (SSSR count). The van der Waals surface area contributed by atoms with E-state index in [0.717, 1.165) is 11.3 Å². The van der Waals surface area contributed by atoms with Gasteiger partial charge in [0, 0.05) is 6.08 Å². The molecular formula is C22H19Cl2F2N3O2. The van der Waals surface area contributed by atoms with Gasteiger partial charge in [-0.3, -0.25) is 9.48 Å². The third-order valence-electron chi connectivity index (χ3n) is 4.48. The van der Waals surface area contributed by atoms with E-state index in [1.807, 2.05) is 13.0 Å². The number of amides is 1. The fourth-order valence-electron chi connectivity index (χ4n) is 2.94. The van der Waals surface area contributed by atoms with Gasteiger partial charge in [0.05, 0.1) is 33.7 Å². The van der Waals surface area contributed by atoms with Gasteiger partial charge in [-0.25, -0.2) is 0 Å². The summed E-state index contributed by atoms with van der Waals surface area (Å²) in [7, 11) is 0. The van der Waals surface area contributed by atoms with Gasteiger partial charge in [-0.1, -0.05) is 41.4 Å². The van der Waals surface area contributed by atoms with Crippen LogP contribution in [-0.4, -0.2) is 22.3 Å². The molecule has 0 aliphatic rings. The first kappa shape index (κ1) is 22.8. The number of halogens is 4. The third kappa shape index (κ3) is 6.06. The zero-order valence-corrected chi connectivity index (χ0v) is 18.2. The Labute approximate surface area is 188 Å². The van der Waals surface area contributed by atoms with Crippen LogP contribution in [0.25, 0.3) is 6.08 Å². The number of nitrogens with zero attached hydrogens (tertiary/aromatic N) is 2. The Morgan fingerprint density at radius 3 is 2.52 bits per heavy atom. The van der Waals surface area contributed by atoms with Gasteiger partial charge >= 0.3 is 6.61 Å². The van der Waals surface area contributed by atoms with Crippen LogP contribution in [0.15, 0.2) is 48.5 Å². The number of aromatic nitrogens is 2. The van der Waals surface area contributed by atoms with E-state index in [1.165, 1.54) is 18.2 Å². The first-order valence-electron chi connectivity index (χ1n) is 9.25. The van der Waals surface area contributed by atoms with Gasteiger partial charge in [-0.15, -0.1) is 0 Å². The van der Waals surface area contributed by atoms with Crippen LogP contribution in [0, 0.1) is 13.8 Å². The predicted octanol–water partition coefficient (Wildman–Crippen LogP) is 6.11. The number of anilines is 1. The standard InChI is InChI=1S/C22H19Cl2F2N3O2/c1-13-21(14(2)29(28-13)12-16-5-9-18(23)19(24)11-16)27-20(30)10-6-15-3-7-17(8-4-15)31-22(25)26/h3-11,22H,12H2,1-2H3,(H,27,30)/b10-6-. The Hall–Kier alpha value is -2.90. The van der Waals surface area contributed by atoms with Crippen molar-refractivity contribution in [3.05, 3.63) is 81.1 Å². The van der Waals surface area contributed by atoms with Gasteiger partial charge in [0.1, 0.15) is 5.75 Å². The van der Waals surface area contributed by atoms with Crippen LogP contribution < -0.4 is 10.1 Å². The summed E-state index contributed by atoms with van der Waals surface area (Å²) in [5, 5.41) is 8.27. The van der Waals surface area contributed by atoms with Crippen molar-refractivity contribution in [1.29, 1.82) is 0 Å². The van der Waals surface area contributed by atoms with Crippen LogP contribution in [0.1, 0.15) is 22.5 Å². The molecule has 162 valence electrons. The zero-order chi connectivity index (χ0) is 22.5. The molecule has 1 aromatic heterocycles. The summed E-state index contributed by atoms with van der Waals surface area (Å²) >= 11 is 12.0. The molecule has 3 aromatic rings. The van der Waals surface area contributed by atoms with Crippen molar-refractivity contribution < 1.29 is 18.3 Å². The quantitative estimate of drug-likeness (QED) is 0.428. The Morgan fingerprint density at radius 2 is 1.87 bits per heavy atom. The van der Waals surface area contributed by atoms with Crippen LogP contribution in [0.3, 0.4) is 0 Å². The molecule has 1 amide bonds. The zero-order valence-electron chi connectivity index (χ0n) is 16.7. The molecule has 0 aliphatic carbocycles. The minimum Gasteiger partial charge on any atom is -0.435 e. The van der Waals surface area contributed by atoms with Crippen LogP contribution >= 0.6 is 23.2 Å². The number of ether oxygens (including phenoxy) is 1. The molecule has 31 heavy (non-hydrogen) atoms. The first-order chi connectivity index (χ1) is 14.7. The average molecular weight is 466 g/mol. The van der Waals surface area contributed by atoms with Crippen molar-refractivity contribution in [1.82, 2.24) is 9.78 Å². The molecule has 0 aliphatic heterocycles. The largest absolute Gasteiger partial charge is 0.435 e. The van der Waals surface area contributed by atoms with E-state index in [1.54, 1.807) is 41.9 Å². The lowest BCUT2D eigenvalue weighted by Gasteiger charge is -2.07. The van der Waals surface area contributed by atoms with E-state index in [-0.39, 0.29) is 11.7 Å². The smallest absolute Gasteiger partial charge is 0.387 e. The molecule has 0 unspecified atom stereocenters. The number of rotatable bonds is 7. The summed E-state index contributed by atoms with van der Waals surface area (Å²) < 4.78 is 30.5. The minimum absolute atomic E-state index is 0.0530. The van der Waals surface area contributed by atoms with Crippen molar-refractivity contribution in [2.75, 3.05) is 5.32 Å². The Balaban J connectivity index is 1.67. The minimum atomic E-state index is -2.88. The maximum Gasteiger partial charge on any atom is 0.387 e. The number of nitrogens with one attached hydrogen (secondary N) is 1. The molecule has 0 saturated heterocycles. The summed E-state index contributed by atoms with van der Waals surface area (Å²) in [5.74, 6) is -0.287. The number of benzene rings is 2. The second kappa shape index (κ2) is 9.94. The summed E-state index contributed by atoms with van der Waals surface area (Å²) in [5.41, 5.74) is 3.68. The maximum absolute atomic E-state index is 12.4. The summed E-state index contributed by atoms with van der Waals surface area (Å²) in [6.07, 6.45) is 2.93. The van der Waals surface area contributed by atoms with Crippen LogP contribution in [0.5, 0.6) is 5.75 Å². The van der Waals surface area contributed by atoms with Gasteiger partial charge in [0.25, 0.3) is 0 Å². The molecule has 5 nitrogen and oxygen atoms in total. The highest BCUT2D eigenvalue weighted by Gasteiger charge is 2.14. The lowest BCUT2D eigenvalue weighted by Crippen LogP contribution is -2.10. The number of carbonyl (C=O) groups excluding carboxylic acids is 1. The molecule has 0 saturated carbocycles. The molecule has 0 bridgehead atoms. The third-order valence-corrected chi connectivity index (χ3v) is 5.22. The summed E-state index contributed by atoms with van der Waals surface area (Å²) in [4.78, 5) is 12.4. The lowest BCUT2D eigenvalue weighted by molar-refractivity contribution is -0.111. The van der Waals surface area contributed by atoms with Crippen LogP contribution in [0.2, 0.25) is 10.0 Å². The molecule has 9 heteroatoms. The molecular weight excluding hydrogens is 447 g/mol. The average Bonchev–Trinajstić information content (AvgIpc) is 2.97. The summed E-state index contributed by atoms with van der Waals surface area (Å²) in [6, 6.07) is 11.3. The van der Waals surface area contributed by atoms with E-state index >= 15 is 0 Å². The monoisotopic (exact) mass is 465 g/mol. The Morgan fingerprint density at radius 1 is 1.16 bits per heavy atom. The van der Waals surface area contributed by atoms with Crippen LogP contribution in [0.4, 0.5) is 14.5 Å². The lowest BCUT2D eigenvalue weighted by atomic mass is 10.2. The van der Waals surface area contributed by atoms with Crippen molar-refractivity contribution in [3.8, 4) is 5.75 Å². The number of carbonyl (C=O) groups is 1. The van der Waals surface area contributed by atoms with Crippen LogP contribution in [-0.2, 0) is 11.3 Å². The molecule has 0 radical (unpaired) electrons. The fraction of sp³-hybridized carbons (Fsp3) is 0.182. The summed E-state index contributed by atoms with van der Waals surface area (Å²) in [6.45, 7) is 1.26. The van der Waals surface area contributed by atoms with E-state index in [0.29, 0.717) is 33.5 Å². The van der Waals surface area contributed by atoms with Crippen molar-refractivity contribution >= 4 is 40.9 Å². The molecule has 2 aromatic carbocycles. The van der Waals surface area contributed by atoms with Gasteiger partial charge in [-0.2, -0.15) is 13.9 Å². The molecule has 0 atom stereocenters. The van der Waals surface area contributed by atoms with Gasteiger partial charge in [0.15, 0.2) is 0 Å². The topological polar surface area (TPSA) is 56.2 Å². The number of hydrogen-bond donors (Lipinski definition) is 1. The molecule has 0 fully saturated rings. The maximum atomic E-state index is 12.4. The number of alkyl halides is 2. The van der Waals surface area contributed by atoms with Crippen molar-refractivity contribution in [2.24, 2.45) is 0 Å². The molecule has 0 spiro atoms. The highest BCUT2D eigenvalue weighted by molar-refractivity contribution is 6.42. The SMILES string of the molecule is Cc1nn(Cc2ccc(Cl)c(Cl)c2)c(C)c1NC(=O)/C=C\c1ccc(OC(F)F)cc1. The highest BCUT2D eigenvalue weighted by Crippen LogP contribution is 2.25. The highest BCUT2D eigenvalue weighted by atomic mass is 35.5. The van der Waals surface area contributed by atoms with Gasteiger partial charge in [0.2, 0.25) is 5.91 Å². The Bertz CT molecular complexity index is 1110. The molecule has 1 heterocycles. The Kier molecular flexibility index (Phi) is 7.30. The first-order valence-corrected chi connectivity index (χ1v) is 10.0. The van der Waals surface area contributed by atoms with Gasteiger partial charge in [-0.05, 0) is 55.3 Å². The van der Waals surface area contributed by atoms with E-state index in [2.05, 4.69) is 15.2 Å². The normalized spacial score (nSPS) is 11.3. The number of aryl methyl sites for hydroxylation is 1. The molecule has 1 N–H and O–H groups in total. The van der Waals surface area contributed by atoms with Crippen molar-refractivity contribution in [2.45, 2.75) is 27.0 Å². The fourth-order valence-corrected chi connectivity index (χ4v) is 3.26. The van der Waals surface area contributed by atoms with E-state index in [4.69, 9.17) is 23.2 Å². The second-order valence-electron chi connectivity index (χ2n) is 6.72. The van der Waals surface area contributed by atoms with Crippen molar-refractivity contribution in [3.63, 3.8) is 0 Å². The van der Waals surface area contributed by atoms with E-state index in [9.17, 15) is 13.6 Å². The van der Waals surface area contributed by atoms with E-state index < -0.39 is 6.61 Å². The van der Waals surface area contributed by atoms with Gasteiger partial charge < -0.3 is 10.1 Å². The second-order valence-corrected chi connectivity index (χ2v) is 7.54. The number of hydrogen-bond acceptors (Lipinski definition) is 3. The predicted molar refractivity (Wildman–Crippen MR) is 118 cm³/mol.